The zero-order valence-corrected chi connectivity index (χ0v) is 22.1. The van der Waals surface area contributed by atoms with E-state index in [1.165, 1.54) is 17.3 Å². The molecular formula is C27H29N5O2S2. The summed E-state index contributed by atoms with van der Waals surface area (Å²) >= 11 is 6.70. The van der Waals surface area contributed by atoms with Crippen LogP contribution in [0.3, 0.4) is 0 Å². The fraction of sp³-hybridized carbons (Fsp3) is 0.333. The first-order valence-electron chi connectivity index (χ1n) is 12.2. The van der Waals surface area contributed by atoms with Gasteiger partial charge in [-0.3, -0.25) is 23.8 Å². The van der Waals surface area contributed by atoms with Crippen molar-refractivity contribution in [2.75, 3.05) is 37.6 Å². The highest BCUT2D eigenvalue weighted by Crippen LogP contribution is 2.33. The molecule has 186 valence electrons. The molecule has 2 fully saturated rings. The van der Waals surface area contributed by atoms with E-state index in [1.807, 2.05) is 32.0 Å². The lowest BCUT2D eigenvalue weighted by Crippen LogP contribution is -2.47. The van der Waals surface area contributed by atoms with Crippen LogP contribution in [0.15, 0.2) is 58.4 Å². The van der Waals surface area contributed by atoms with Gasteiger partial charge in [0, 0.05) is 45.5 Å². The maximum Gasteiger partial charge on any atom is 0.267 e. The Hall–Kier alpha value is -3.01. The Morgan fingerprint density at radius 2 is 1.81 bits per heavy atom. The number of rotatable bonds is 6. The molecule has 2 aromatic heterocycles. The molecule has 0 N–H and O–H groups in total. The number of hydrogen-bond acceptors (Lipinski definition) is 7. The van der Waals surface area contributed by atoms with Crippen LogP contribution in [0.1, 0.15) is 30.0 Å². The van der Waals surface area contributed by atoms with Crippen molar-refractivity contribution < 1.29 is 4.79 Å². The van der Waals surface area contributed by atoms with Crippen LogP contribution in [0.4, 0.5) is 5.82 Å². The van der Waals surface area contributed by atoms with E-state index in [9.17, 15) is 9.59 Å². The average Bonchev–Trinajstić information content (AvgIpc) is 3.15. The summed E-state index contributed by atoms with van der Waals surface area (Å²) in [6.07, 6.45) is 4.25. The van der Waals surface area contributed by atoms with Crippen LogP contribution in [0, 0.1) is 6.92 Å². The normalized spacial score (nSPS) is 18.1. The molecule has 2 aliphatic heterocycles. The van der Waals surface area contributed by atoms with E-state index in [2.05, 4.69) is 34.1 Å². The van der Waals surface area contributed by atoms with Gasteiger partial charge in [-0.15, -0.1) is 0 Å². The number of aromatic nitrogens is 2. The number of nitrogens with zero attached hydrogens (tertiary/aromatic N) is 5. The van der Waals surface area contributed by atoms with Crippen LogP contribution in [0.2, 0.25) is 0 Å². The molecule has 0 spiro atoms. The quantitative estimate of drug-likeness (QED) is 0.361. The van der Waals surface area contributed by atoms with Crippen LogP contribution < -0.4 is 10.5 Å². The molecule has 0 saturated carbocycles. The summed E-state index contributed by atoms with van der Waals surface area (Å²) in [5, 5.41) is 0. The number of hydrogen-bond donors (Lipinski definition) is 0. The summed E-state index contributed by atoms with van der Waals surface area (Å²) in [7, 11) is 0. The molecule has 1 aromatic carbocycles. The topological polar surface area (TPSA) is 61.2 Å². The number of carbonyl (C=O) groups is 1. The minimum atomic E-state index is -0.175. The number of pyridine rings is 1. The van der Waals surface area contributed by atoms with Gasteiger partial charge in [-0.2, -0.15) is 0 Å². The number of aryl methyl sites for hydroxylation is 1. The third-order valence-corrected chi connectivity index (χ3v) is 7.96. The zero-order chi connectivity index (χ0) is 25.2. The van der Waals surface area contributed by atoms with Gasteiger partial charge in [-0.25, -0.2) is 4.98 Å². The fourth-order valence-electron chi connectivity index (χ4n) is 4.67. The highest BCUT2D eigenvalue weighted by Gasteiger charge is 2.32. The number of piperazine rings is 1. The summed E-state index contributed by atoms with van der Waals surface area (Å²) in [6, 6.07) is 14.3. The van der Waals surface area contributed by atoms with Crippen molar-refractivity contribution in [1.29, 1.82) is 0 Å². The Morgan fingerprint density at radius 3 is 2.53 bits per heavy atom. The van der Waals surface area contributed by atoms with Crippen molar-refractivity contribution in [3.05, 3.63) is 80.6 Å². The lowest BCUT2D eigenvalue weighted by atomic mass is 10.1. The van der Waals surface area contributed by atoms with E-state index in [0.717, 1.165) is 44.7 Å². The largest absolute Gasteiger partial charge is 0.353 e. The Kier molecular flexibility index (Phi) is 7.22. The predicted octanol–water partition coefficient (Wildman–Crippen LogP) is 3.94. The summed E-state index contributed by atoms with van der Waals surface area (Å²) in [6.45, 7) is 8.67. The van der Waals surface area contributed by atoms with Gasteiger partial charge < -0.3 is 4.90 Å². The van der Waals surface area contributed by atoms with E-state index in [-0.39, 0.29) is 11.5 Å². The first-order valence-corrected chi connectivity index (χ1v) is 13.5. The molecule has 4 heterocycles. The first-order chi connectivity index (χ1) is 17.5. The van der Waals surface area contributed by atoms with E-state index in [1.54, 1.807) is 21.6 Å². The van der Waals surface area contributed by atoms with Gasteiger partial charge in [0.25, 0.3) is 11.5 Å². The summed E-state index contributed by atoms with van der Waals surface area (Å²) in [4.78, 5) is 38.4. The molecule has 9 heteroatoms. The van der Waals surface area contributed by atoms with Crippen molar-refractivity contribution in [2.45, 2.75) is 26.8 Å². The third kappa shape index (κ3) is 4.83. The molecule has 2 aliphatic rings. The molecule has 7 nitrogen and oxygen atoms in total. The van der Waals surface area contributed by atoms with E-state index >= 15 is 0 Å². The van der Waals surface area contributed by atoms with Crippen molar-refractivity contribution >= 4 is 51.7 Å². The maximum absolute atomic E-state index is 13.7. The highest BCUT2D eigenvalue weighted by atomic mass is 32.2. The monoisotopic (exact) mass is 519 g/mol. The molecule has 3 aromatic rings. The van der Waals surface area contributed by atoms with Crippen molar-refractivity contribution in [3.8, 4) is 0 Å². The molecule has 1 amide bonds. The van der Waals surface area contributed by atoms with Gasteiger partial charge in [-0.05, 0) is 36.6 Å². The summed E-state index contributed by atoms with van der Waals surface area (Å²) in [5.41, 5.74) is 3.12. The maximum atomic E-state index is 13.7. The van der Waals surface area contributed by atoms with Crippen LogP contribution in [0.25, 0.3) is 11.7 Å². The number of carbonyl (C=O) groups excluding carboxylic acids is 1. The van der Waals surface area contributed by atoms with Gasteiger partial charge >= 0.3 is 0 Å². The van der Waals surface area contributed by atoms with E-state index in [0.29, 0.717) is 32.8 Å². The third-order valence-electron chi connectivity index (χ3n) is 6.58. The Labute approximate surface area is 220 Å². The predicted molar refractivity (Wildman–Crippen MR) is 150 cm³/mol. The van der Waals surface area contributed by atoms with Gasteiger partial charge in [-0.1, -0.05) is 67.3 Å². The Morgan fingerprint density at radius 1 is 1.06 bits per heavy atom. The lowest BCUT2D eigenvalue weighted by molar-refractivity contribution is -0.122. The van der Waals surface area contributed by atoms with Crippen LogP contribution in [-0.4, -0.2) is 62.1 Å². The Bertz CT molecular complexity index is 1390. The molecule has 0 aliphatic carbocycles. The highest BCUT2D eigenvalue weighted by molar-refractivity contribution is 8.26. The number of thiocarbonyl (C=S) groups is 1. The van der Waals surface area contributed by atoms with Crippen molar-refractivity contribution in [1.82, 2.24) is 19.2 Å². The number of fused-ring (bicyclic) bond motifs is 1. The van der Waals surface area contributed by atoms with Crippen LogP contribution >= 0.6 is 24.0 Å². The summed E-state index contributed by atoms with van der Waals surface area (Å²) < 4.78 is 2.11. The molecule has 0 radical (unpaired) electrons. The number of benzene rings is 1. The molecule has 2 saturated heterocycles. The second-order valence-corrected chi connectivity index (χ2v) is 10.8. The number of amides is 1. The van der Waals surface area contributed by atoms with Crippen LogP contribution in [-0.2, 0) is 11.3 Å². The smallest absolute Gasteiger partial charge is 0.267 e. The Balaban J connectivity index is 1.50. The van der Waals surface area contributed by atoms with Gasteiger partial charge in [0.05, 0.1) is 10.5 Å². The van der Waals surface area contributed by atoms with E-state index < -0.39 is 0 Å². The zero-order valence-electron chi connectivity index (χ0n) is 20.5. The second kappa shape index (κ2) is 10.5. The minimum Gasteiger partial charge on any atom is -0.353 e. The summed E-state index contributed by atoms with van der Waals surface area (Å²) in [5.74, 6) is 0.494. The SMILES string of the molecule is CCCN1C(=O)/C(=C/c2c(N3CCN(Cc4ccccc4)CC3)nc3c(C)cccn3c2=O)SC1=S. The number of thioether (sulfide) groups is 1. The fourth-order valence-corrected chi connectivity index (χ4v) is 5.97. The van der Waals surface area contributed by atoms with Crippen molar-refractivity contribution in [2.24, 2.45) is 0 Å². The molecule has 36 heavy (non-hydrogen) atoms. The number of anilines is 1. The minimum absolute atomic E-state index is 0.140. The first kappa shape index (κ1) is 24.7. The molecule has 5 rings (SSSR count). The van der Waals surface area contributed by atoms with Crippen molar-refractivity contribution in [3.63, 3.8) is 0 Å². The molecule has 0 atom stereocenters. The average molecular weight is 520 g/mol. The molecule has 0 bridgehead atoms. The van der Waals surface area contributed by atoms with Gasteiger partial charge in [0.2, 0.25) is 0 Å². The lowest BCUT2D eigenvalue weighted by Gasteiger charge is -2.36. The molecular weight excluding hydrogens is 490 g/mol. The van der Waals surface area contributed by atoms with Gasteiger partial charge in [0.15, 0.2) is 0 Å². The molecule has 0 unspecified atom stereocenters. The second-order valence-electron chi connectivity index (χ2n) is 9.12. The van der Waals surface area contributed by atoms with E-state index in [4.69, 9.17) is 17.2 Å². The van der Waals surface area contributed by atoms with Crippen LogP contribution in [0.5, 0.6) is 0 Å². The van der Waals surface area contributed by atoms with Gasteiger partial charge in [0.1, 0.15) is 15.8 Å². The standard InChI is InChI=1S/C27H29N5O2S2/c1-3-11-32-26(34)22(36-27(32)35)17-21-24(28-23-19(2)8-7-12-31(23)25(21)33)30-15-13-29(14-16-30)18-20-9-5-4-6-10-20/h4-10,12,17H,3,11,13-16,18H2,1-2H3/b22-17-.